The van der Waals surface area contributed by atoms with Crippen molar-refractivity contribution in [3.8, 4) is 0 Å². The molecule has 1 N–H and O–H groups in total. The average Bonchev–Trinajstić information content (AvgIpc) is 2.52. The van der Waals surface area contributed by atoms with E-state index in [2.05, 4.69) is 17.1 Å². The molecule has 0 amide bonds. The van der Waals surface area contributed by atoms with E-state index in [-0.39, 0.29) is 10.6 Å². The molecule has 1 aliphatic rings. The topological polar surface area (TPSA) is 58.4 Å². The van der Waals surface area contributed by atoms with Crippen LogP contribution in [-0.2, 0) is 6.42 Å². The Labute approximate surface area is 126 Å². The number of likely N-dealkylation sites (N-methyl/N-ethyl adjacent to an activating group) is 1. The molecule has 2 rings (SSSR count). The second kappa shape index (κ2) is 8.10. The predicted molar refractivity (Wildman–Crippen MR) is 84.5 cm³/mol. The largest absolute Gasteiger partial charge is 0.317 e. The zero-order chi connectivity index (χ0) is 15.1. The van der Waals surface area contributed by atoms with Crippen LogP contribution in [0.2, 0.25) is 0 Å². The number of nitro benzene ring substituents is 1. The van der Waals surface area contributed by atoms with E-state index < -0.39 is 0 Å². The highest BCUT2D eigenvalue weighted by atomic mass is 16.6. The van der Waals surface area contributed by atoms with Gasteiger partial charge >= 0.3 is 0 Å². The summed E-state index contributed by atoms with van der Waals surface area (Å²) in [5.41, 5.74) is 1.34. The molecule has 0 radical (unpaired) electrons. The van der Waals surface area contributed by atoms with Gasteiger partial charge in [-0.2, -0.15) is 0 Å². The molecule has 0 unspecified atom stereocenters. The van der Waals surface area contributed by atoms with Crippen LogP contribution in [-0.4, -0.2) is 42.5 Å². The lowest BCUT2D eigenvalue weighted by Crippen LogP contribution is -2.37. The van der Waals surface area contributed by atoms with Crippen molar-refractivity contribution in [3.05, 3.63) is 39.9 Å². The molecule has 1 aromatic rings. The van der Waals surface area contributed by atoms with Crippen molar-refractivity contribution < 1.29 is 4.92 Å². The normalized spacial score (nSPS) is 16.3. The van der Waals surface area contributed by atoms with Gasteiger partial charge in [-0.25, -0.2) is 0 Å². The van der Waals surface area contributed by atoms with Gasteiger partial charge in [-0.15, -0.1) is 0 Å². The second-order valence-corrected chi connectivity index (χ2v) is 5.76. The van der Waals surface area contributed by atoms with Gasteiger partial charge in [0.2, 0.25) is 0 Å². The van der Waals surface area contributed by atoms with Gasteiger partial charge in [-0.05, 0) is 50.4 Å². The molecule has 1 heterocycles. The minimum absolute atomic E-state index is 0.167. The summed E-state index contributed by atoms with van der Waals surface area (Å²) in [5.74, 6) is 0.808. The molecule has 0 spiro atoms. The fourth-order valence-electron chi connectivity index (χ4n) is 2.88. The number of rotatable bonds is 7. The molecule has 5 heteroatoms. The molecular formula is C16H25N3O2. The van der Waals surface area contributed by atoms with Crippen molar-refractivity contribution in [1.29, 1.82) is 0 Å². The molecule has 5 nitrogen and oxygen atoms in total. The second-order valence-electron chi connectivity index (χ2n) is 5.76. The summed E-state index contributed by atoms with van der Waals surface area (Å²) in [6.45, 7) is 7.76. The first-order chi connectivity index (χ1) is 10.2. The maximum Gasteiger partial charge on any atom is 0.269 e. The Balaban J connectivity index is 1.80. The molecule has 21 heavy (non-hydrogen) atoms. The Morgan fingerprint density at radius 1 is 1.29 bits per heavy atom. The minimum Gasteiger partial charge on any atom is -0.317 e. The van der Waals surface area contributed by atoms with E-state index in [1.54, 1.807) is 12.1 Å². The third-order valence-corrected chi connectivity index (χ3v) is 4.29. The summed E-state index contributed by atoms with van der Waals surface area (Å²) in [5, 5.41) is 14.0. The summed E-state index contributed by atoms with van der Waals surface area (Å²) in [4.78, 5) is 12.8. The first kappa shape index (κ1) is 15.9. The highest BCUT2D eigenvalue weighted by Crippen LogP contribution is 2.15. The Hall–Kier alpha value is -1.46. The molecule has 1 aliphatic heterocycles. The Kier molecular flexibility index (Phi) is 6.14. The van der Waals surface area contributed by atoms with Crippen LogP contribution in [0.25, 0.3) is 0 Å². The number of nitrogens with one attached hydrogen (secondary N) is 1. The summed E-state index contributed by atoms with van der Waals surface area (Å²) >= 11 is 0. The van der Waals surface area contributed by atoms with E-state index in [1.807, 2.05) is 12.1 Å². The number of hydrogen-bond acceptors (Lipinski definition) is 4. The monoisotopic (exact) mass is 291 g/mol. The van der Waals surface area contributed by atoms with Crippen molar-refractivity contribution >= 4 is 5.69 Å². The highest BCUT2D eigenvalue weighted by molar-refractivity contribution is 5.32. The van der Waals surface area contributed by atoms with E-state index in [0.29, 0.717) is 0 Å². The van der Waals surface area contributed by atoms with E-state index in [9.17, 15) is 10.1 Å². The van der Waals surface area contributed by atoms with Gasteiger partial charge in [-0.1, -0.05) is 19.1 Å². The van der Waals surface area contributed by atoms with Crippen LogP contribution in [0.4, 0.5) is 5.69 Å². The molecule has 1 saturated heterocycles. The maximum absolute atomic E-state index is 10.6. The van der Waals surface area contributed by atoms with Crippen molar-refractivity contribution in [2.24, 2.45) is 5.92 Å². The van der Waals surface area contributed by atoms with Crippen LogP contribution < -0.4 is 5.32 Å². The SMILES string of the molecule is CCN(CCc1ccc([N+](=O)[O-])cc1)CC1CCNCC1. The van der Waals surface area contributed by atoms with E-state index >= 15 is 0 Å². The molecule has 1 fully saturated rings. The third-order valence-electron chi connectivity index (χ3n) is 4.29. The highest BCUT2D eigenvalue weighted by Gasteiger charge is 2.16. The lowest BCUT2D eigenvalue weighted by Gasteiger charge is -2.29. The average molecular weight is 291 g/mol. The zero-order valence-corrected chi connectivity index (χ0v) is 12.8. The number of non-ortho nitro benzene ring substituents is 1. The molecular weight excluding hydrogens is 266 g/mol. The molecule has 116 valence electrons. The summed E-state index contributed by atoms with van der Waals surface area (Å²) in [7, 11) is 0. The fraction of sp³-hybridized carbons (Fsp3) is 0.625. The zero-order valence-electron chi connectivity index (χ0n) is 12.8. The smallest absolute Gasteiger partial charge is 0.269 e. The van der Waals surface area contributed by atoms with Gasteiger partial charge in [0.05, 0.1) is 4.92 Å². The Morgan fingerprint density at radius 3 is 2.52 bits per heavy atom. The van der Waals surface area contributed by atoms with Crippen LogP contribution in [0.15, 0.2) is 24.3 Å². The van der Waals surface area contributed by atoms with E-state index in [1.165, 1.54) is 24.9 Å². The van der Waals surface area contributed by atoms with E-state index in [4.69, 9.17) is 0 Å². The predicted octanol–water partition coefficient (Wildman–Crippen LogP) is 2.46. The van der Waals surface area contributed by atoms with Crippen LogP contribution in [0, 0.1) is 16.0 Å². The number of nitrogens with zero attached hydrogens (tertiary/aromatic N) is 2. The van der Waals surface area contributed by atoms with Crippen LogP contribution in [0.3, 0.4) is 0 Å². The Bertz CT molecular complexity index is 441. The summed E-state index contributed by atoms with van der Waals surface area (Å²) < 4.78 is 0. The molecule has 0 aliphatic carbocycles. The number of piperidine rings is 1. The quantitative estimate of drug-likeness (QED) is 0.619. The Morgan fingerprint density at radius 2 is 1.95 bits per heavy atom. The lowest BCUT2D eigenvalue weighted by molar-refractivity contribution is -0.384. The lowest BCUT2D eigenvalue weighted by atomic mass is 9.97. The fourth-order valence-corrected chi connectivity index (χ4v) is 2.88. The molecule has 0 aromatic heterocycles. The van der Waals surface area contributed by atoms with Crippen molar-refractivity contribution in [2.45, 2.75) is 26.2 Å². The van der Waals surface area contributed by atoms with Gasteiger partial charge in [0.25, 0.3) is 5.69 Å². The molecule has 1 aromatic carbocycles. The third kappa shape index (κ3) is 5.10. The molecule has 0 atom stereocenters. The van der Waals surface area contributed by atoms with Gasteiger partial charge in [0.1, 0.15) is 0 Å². The van der Waals surface area contributed by atoms with Crippen molar-refractivity contribution in [2.75, 3.05) is 32.7 Å². The first-order valence-corrected chi connectivity index (χ1v) is 7.85. The van der Waals surface area contributed by atoms with Gasteiger partial charge in [0.15, 0.2) is 0 Å². The van der Waals surface area contributed by atoms with Crippen molar-refractivity contribution in [1.82, 2.24) is 10.2 Å². The summed E-state index contributed by atoms with van der Waals surface area (Å²) in [6, 6.07) is 6.93. The maximum atomic E-state index is 10.6. The summed E-state index contributed by atoms with van der Waals surface area (Å²) in [6.07, 6.45) is 3.50. The van der Waals surface area contributed by atoms with Crippen LogP contribution >= 0.6 is 0 Å². The van der Waals surface area contributed by atoms with Gasteiger partial charge in [-0.3, -0.25) is 10.1 Å². The van der Waals surface area contributed by atoms with Gasteiger partial charge < -0.3 is 10.2 Å². The minimum atomic E-state index is -0.348. The van der Waals surface area contributed by atoms with Gasteiger partial charge in [0, 0.05) is 25.2 Å². The van der Waals surface area contributed by atoms with Crippen LogP contribution in [0.1, 0.15) is 25.3 Å². The number of benzene rings is 1. The number of hydrogen-bond donors (Lipinski definition) is 1. The van der Waals surface area contributed by atoms with Crippen molar-refractivity contribution in [3.63, 3.8) is 0 Å². The van der Waals surface area contributed by atoms with Crippen LogP contribution in [0.5, 0.6) is 0 Å². The standard InChI is InChI=1S/C16H25N3O2/c1-2-18(13-15-7-10-17-11-8-15)12-9-14-3-5-16(6-4-14)19(20)21/h3-6,15,17H,2,7-13H2,1H3. The molecule has 0 bridgehead atoms. The first-order valence-electron chi connectivity index (χ1n) is 7.85. The molecule has 0 saturated carbocycles. The van der Waals surface area contributed by atoms with E-state index in [0.717, 1.165) is 38.5 Å². The number of nitro groups is 1.